The highest BCUT2D eigenvalue weighted by Crippen LogP contribution is 2.71. The van der Waals surface area contributed by atoms with Crippen LogP contribution in [-0.2, 0) is 10.7 Å². The summed E-state index contributed by atoms with van der Waals surface area (Å²) >= 11 is 0. The molecule has 1 aromatic carbocycles. The van der Waals surface area contributed by atoms with Crippen molar-refractivity contribution < 1.29 is 18.0 Å². The lowest BCUT2D eigenvalue weighted by molar-refractivity contribution is -0.166. The largest absolute Gasteiger partial charge is 0.365 e. The molecule has 2 aromatic rings. The molecule has 3 saturated carbocycles. The molecule has 2 N–H and O–H groups in total. The Kier molecular flexibility index (Phi) is 4.17. The van der Waals surface area contributed by atoms with E-state index in [0.717, 1.165) is 26.2 Å². The summed E-state index contributed by atoms with van der Waals surface area (Å²) in [5.74, 6) is -2.92. The van der Waals surface area contributed by atoms with Crippen molar-refractivity contribution in [2.24, 2.45) is 11.3 Å². The van der Waals surface area contributed by atoms with Crippen LogP contribution in [0.4, 0.5) is 24.7 Å². The van der Waals surface area contributed by atoms with Gasteiger partial charge in [-0.1, -0.05) is 6.92 Å². The van der Waals surface area contributed by atoms with Crippen LogP contribution in [0.15, 0.2) is 42.6 Å². The molecule has 1 atom stereocenters. The van der Waals surface area contributed by atoms with Gasteiger partial charge in [-0.25, -0.2) is 18.2 Å². The molecule has 1 unspecified atom stereocenters. The van der Waals surface area contributed by atoms with E-state index in [0.29, 0.717) is 11.5 Å². The van der Waals surface area contributed by atoms with Gasteiger partial charge < -0.3 is 10.6 Å². The number of pyridine rings is 1. The summed E-state index contributed by atoms with van der Waals surface area (Å²) in [5, 5.41) is 6.19. The Morgan fingerprint density at radius 1 is 1.14 bits per heavy atom. The van der Waals surface area contributed by atoms with Gasteiger partial charge in [-0.3, -0.25) is 4.79 Å². The van der Waals surface area contributed by atoms with Crippen molar-refractivity contribution >= 4 is 17.4 Å². The van der Waals surface area contributed by atoms with Crippen molar-refractivity contribution in [2.75, 3.05) is 10.6 Å². The molecule has 1 amide bonds. The van der Waals surface area contributed by atoms with Crippen molar-refractivity contribution in [1.82, 2.24) is 4.98 Å². The lowest BCUT2D eigenvalue weighted by Gasteiger charge is -2.72. The predicted molar refractivity (Wildman–Crippen MR) is 101 cm³/mol. The van der Waals surface area contributed by atoms with E-state index in [1.165, 1.54) is 24.4 Å². The fourth-order valence-electron chi connectivity index (χ4n) is 4.52. The zero-order chi connectivity index (χ0) is 20.2. The number of rotatable bonds is 6. The molecule has 3 fully saturated rings. The monoisotopic (exact) mass is 389 g/mol. The second-order valence-corrected chi connectivity index (χ2v) is 8.34. The van der Waals surface area contributed by atoms with Crippen LogP contribution in [0.1, 0.15) is 38.7 Å². The van der Waals surface area contributed by atoms with Gasteiger partial charge in [-0.2, -0.15) is 0 Å². The molecule has 2 bridgehead atoms. The van der Waals surface area contributed by atoms with E-state index in [-0.39, 0.29) is 34.2 Å². The Bertz CT molecular complexity index is 871. The number of nitrogens with one attached hydrogen (secondary N) is 2. The van der Waals surface area contributed by atoms with E-state index >= 15 is 0 Å². The zero-order valence-electron chi connectivity index (χ0n) is 15.7. The molecule has 3 aliphatic rings. The van der Waals surface area contributed by atoms with E-state index in [2.05, 4.69) is 15.6 Å². The number of benzene rings is 1. The number of anilines is 2. The van der Waals surface area contributed by atoms with Crippen LogP contribution in [0.3, 0.4) is 0 Å². The molecular weight excluding hydrogens is 367 g/mol. The molecule has 1 aromatic heterocycles. The standard InChI is InChI=1S/C21H22F3N3O/c1-13(18(28)26-16-6-4-15(22)5-7-16)20-10-21(11-20,12-20)27-17-8-3-14(9-25-17)19(2,23)24/h3-9,13H,10-12H2,1-2H3,(H,25,27)(H,26,28). The van der Waals surface area contributed by atoms with Gasteiger partial charge in [-0.15, -0.1) is 0 Å². The van der Waals surface area contributed by atoms with Gasteiger partial charge in [0.1, 0.15) is 11.6 Å². The first-order valence-electron chi connectivity index (χ1n) is 9.30. The number of aromatic nitrogens is 1. The summed E-state index contributed by atoms with van der Waals surface area (Å²) in [6.45, 7) is 2.76. The number of hydrogen-bond donors (Lipinski definition) is 2. The van der Waals surface area contributed by atoms with Gasteiger partial charge in [0, 0.05) is 35.8 Å². The molecule has 0 spiro atoms. The molecule has 0 radical (unpaired) electrons. The van der Waals surface area contributed by atoms with Gasteiger partial charge in [0.15, 0.2) is 0 Å². The van der Waals surface area contributed by atoms with Gasteiger partial charge in [0.25, 0.3) is 5.92 Å². The van der Waals surface area contributed by atoms with Crippen LogP contribution in [0.2, 0.25) is 0 Å². The average molecular weight is 389 g/mol. The molecule has 0 aliphatic heterocycles. The first kappa shape index (κ1) is 18.8. The molecular formula is C21H22F3N3O. The molecule has 28 heavy (non-hydrogen) atoms. The van der Waals surface area contributed by atoms with Gasteiger partial charge >= 0.3 is 0 Å². The number of alkyl halides is 2. The lowest BCUT2D eigenvalue weighted by Crippen LogP contribution is -2.74. The maximum absolute atomic E-state index is 13.3. The third-order valence-electron chi connectivity index (χ3n) is 6.16. The van der Waals surface area contributed by atoms with E-state index in [9.17, 15) is 18.0 Å². The Hall–Kier alpha value is -2.57. The van der Waals surface area contributed by atoms with E-state index < -0.39 is 5.92 Å². The SMILES string of the molecule is CC(C(=O)Nc1ccc(F)cc1)C12CC(Nc3ccc(C(C)(F)F)cn3)(C1)C2. The van der Waals surface area contributed by atoms with Crippen LogP contribution < -0.4 is 10.6 Å². The quantitative estimate of drug-likeness (QED) is 0.736. The Labute approximate surface area is 161 Å². The normalized spacial score (nSPS) is 26.6. The van der Waals surface area contributed by atoms with Crippen LogP contribution in [-0.4, -0.2) is 16.4 Å². The summed E-state index contributed by atoms with van der Waals surface area (Å²) in [5.41, 5.74) is 0.314. The second-order valence-electron chi connectivity index (χ2n) is 8.34. The van der Waals surface area contributed by atoms with Crippen molar-refractivity contribution in [2.45, 2.75) is 44.6 Å². The zero-order valence-corrected chi connectivity index (χ0v) is 15.7. The van der Waals surface area contributed by atoms with E-state index in [1.54, 1.807) is 18.2 Å². The van der Waals surface area contributed by atoms with Gasteiger partial charge in [0.05, 0.1) is 0 Å². The third kappa shape index (κ3) is 3.23. The summed E-state index contributed by atoms with van der Waals surface area (Å²) in [6, 6.07) is 8.67. The molecule has 1 heterocycles. The second kappa shape index (κ2) is 6.22. The highest BCUT2D eigenvalue weighted by Gasteiger charge is 2.70. The number of amides is 1. The Balaban J connectivity index is 1.33. The summed E-state index contributed by atoms with van der Waals surface area (Å²) in [7, 11) is 0. The third-order valence-corrected chi connectivity index (χ3v) is 6.16. The van der Waals surface area contributed by atoms with Gasteiger partial charge in [-0.05, 0) is 61.1 Å². The number of carbonyl (C=O) groups is 1. The molecule has 7 heteroatoms. The van der Waals surface area contributed by atoms with Crippen molar-refractivity contribution in [3.05, 3.63) is 54.0 Å². The van der Waals surface area contributed by atoms with Crippen LogP contribution in [0.5, 0.6) is 0 Å². The van der Waals surface area contributed by atoms with Crippen LogP contribution in [0.25, 0.3) is 0 Å². The summed E-state index contributed by atoms with van der Waals surface area (Å²) in [4.78, 5) is 16.6. The molecule has 3 aliphatic carbocycles. The minimum Gasteiger partial charge on any atom is -0.365 e. The fourth-order valence-corrected chi connectivity index (χ4v) is 4.52. The fraction of sp³-hybridized carbons (Fsp3) is 0.429. The number of carbonyl (C=O) groups excluding carboxylic acids is 1. The van der Waals surface area contributed by atoms with Gasteiger partial charge in [0.2, 0.25) is 5.91 Å². The Morgan fingerprint density at radius 3 is 2.32 bits per heavy atom. The highest BCUT2D eigenvalue weighted by atomic mass is 19.3. The van der Waals surface area contributed by atoms with Crippen molar-refractivity contribution in [3.8, 4) is 0 Å². The van der Waals surface area contributed by atoms with Crippen molar-refractivity contribution in [3.63, 3.8) is 0 Å². The first-order valence-corrected chi connectivity index (χ1v) is 9.30. The lowest BCUT2D eigenvalue weighted by atomic mass is 9.36. The maximum atomic E-state index is 13.3. The summed E-state index contributed by atoms with van der Waals surface area (Å²) < 4.78 is 39.5. The number of hydrogen-bond acceptors (Lipinski definition) is 3. The Morgan fingerprint density at radius 2 is 1.79 bits per heavy atom. The van der Waals surface area contributed by atoms with Crippen molar-refractivity contribution in [1.29, 1.82) is 0 Å². The average Bonchev–Trinajstić information content (AvgIpc) is 2.58. The topological polar surface area (TPSA) is 54.0 Å². The number of nitrogens with zero attached hydrogens (tertiary/aromatic N) is 1. The predicted octanol–water partition coefficient (Wildman–Crippen LogP) is 4.94. The van der Waals surface area contributed by atoms with Crippen LogP contribution in [0, 0.1) is 17.2 Å². The van der Waals surface area contributed by atoms with E-state index in [4.69, 9.17) is 0 Å². The minimum absolute atomic E-state index is 0.0481. The van der Waals surface area contributed by atoms with E-state index in [1.807, 2.05) is 6.92 Å². The smallest absolute Gasteiger partial charge is 0.272 e. The first-order chi connectivity index (χ1) is 13.1. The minimum atomic E-state index is -2.90. The maximum Gasteiger partial charge on any atom is 0.272 e. The highest BCUT2D eigenvalue weighted by molar-refractivity contribution is 5.93. The molecule has 148 valence electrons. The molecule has 5 rings (SSSR count). The number of halogens is 3. The molecule has 0 saturated heterocycles. The molecule has 4 nitrogen and oxygen atoms in total. The van der Waals surface area contributed by atoms with Crippen LogP contribution >= 0.6 is 0 Å². The summed E-state index contributed by atoms with van der Waals surface area (Å²) in [6.07, 6.45) is 3.71.